The van der Waals surface area contributed by atoms with Crippen LogP contribution in [0.25, 0.3) is 0 Å². The molecule has 0 spiro atoms. The second-order valence-electron chi connectivity index (χ2n) is 8.28. The average molecular weight is 540 g/mol. The molecule has 0 fully saturated rings. The van der Waals surface area contributed by atoms with Crippen LogP contribution in [0.1, 0.15) is 32.3 Å². The molecule has 2 amide bonds. The first-order valence-corrected chi connectivity index (χ1v) is 13.8. The van der Waals surface area contributed by atoms with Crippen molar-refractivity contribution in [2.24, 2.45) is 0 Å². The summed E-state index contributed by atoms with van der Waals surface area (Å²) in [5.74, 6) is -0.251. The summed E-state index contributed by atoms with van der Waals surface area (Å²) in [6.45, 7) is 3.62. The molecule has 36 heavy (non-hydrogen) atoms. The Morgan fingerprint density at radius 1 is 1.11 bits per heavy atom. The molecule has 0 radical (unpaired) electrons. The fraction of sp³-hybridized carbons (Fsp3) is 0.440. The van der Waals surface area contributed by atoms with Crippen LogP contribution in [0.2, 0.25) is 5.02 Å². The maximum atomic E-state index is 13.6. The first-order valence-electron chi connectivity index (χ1n) is 11.5. The molecule has 11 heteroatoms. The minimum Gasteiger partial charge on any atom is -0.497 e. The molecular weight excluding hydrogens is 506 g/mol. The van der Waals surface area contributed by atoms with Crippen LogP contribution in [0.15, 0.2) is 42.5 Å². The van der Waals surface area contributed by atoms with Crippen molar-refractivity contribution >= 4 is 39.1 Å². The van der Waals surface area contributed by atoms with Crippen molar-refractivity contribution in [3.8, 4) is 11.5 Å². The minimum absolute atomic E-state index is 0.0641. The normalized spacial score (nSPS) is 11.9. The Hall–Kier alpha value is -2.98. The number of nitrogens with zero attached hydrogens (tertiary/aromatic N) is 2. The van der Waals surface area contributed by atoms with Crippen molar-refractivity contribution in [1.82, 2.24) is 10.2 Å². The predicted molar refractivity (Wildman–Crippen MR) is 141 cm³/mol. The highest BCUT2D eigenvalue weighted by Crippen LogP contribution is 2.34. The SMILES string of the molecule is CCCCNC(=O)[C@H](C)N(Cc1cccc(Cl)c1)C(=O)CN(c1cc(OC)ccc1OC)S(C)(=O)=O. The third-order valence-corrected chi connectivity index (χ3v) is 6.93. The molecule has 2 rings (SSSR count). The van der Waals surface area contributed by atoms with Crippen LogP contribution in [-0.4, -0.2) is 64.7 Å². The summed E-state index contributed by atoms with van der Waals surface area (Å²) in [6.07, 6.45) is 2.71. The molecule has 1 atom stereocenters. The Balaban J connectivity index is 2.44. The summed E-state index contributed by atoms with van der Waals surface area (Å²) in [5.41, 5.74) is 0.851. The molecule has 1 N–H and O–H groups in total. The first kappa shape index (κ1) is 29.3. The standard InChI is InChI=1S/C25H34ClN3O6S/c1-6-7-13-27-25(31)18(2)28(16-19-9-8-10-20(26)14-19)24(30)17-29(36(5,32)33)22-15-21(34-3)11-12-23(22)35-4/h8-12,14-15,18H,6-7,13,16-17H2,1-5H3,(H,27,31)/t18-/m0/s1. The Morgan fingerprint density at radius 3 is 2.42 bits per heavy atom. The Morgan fingerprint density at radius 2 is 1.83 bits per heavy atom. The summed E-state index contributed by atoms with van der Waals surface area (Å²) >= 11 is 6.12. The molecule has 0 saturated heterocycles. The van der Waals surface area contributed by atoms with Gasteiger partial charge in [-0.2, -0.15) is 0 Å². The topological polar surface area (TPSA) is 105 Å². The number of amides is 2. The van der Waals surface area contributed by atoms with Gasteiger partial charge in [0.25, 0.3) is 0 Å². The Kier molecular flexibility index (Phi) is 10.9. The number of halogens is 1. The van der Waals surface area contributed by atoms with E-state index in [2.05, 4.69) is 5.32 Å². The zero-order valence-corrected chi connectivity index (χ0v) is 22.9. The molecule has 198 valence electrons. The van der Waals surface area contributed by atoms with E-state index in [0.717, 1.165) is 23.4 Å². The number of benzene rings is 2. The summed E-state index contributed by atoms with van der Waals surface area (Å²) < 4.78 is 37.1. The number of ether oxygens (including phenoxy) is 2. The van der Waals surface area contributed by atoms with Crippen molar-refractivity contribution in [2.75, 3.05) is 37.9 Å². The number of unbranched alkanes of at least 4 members (excludes halogenated alkanes) is 1. The van der Waals surface area contributed by atoms with Gasteiger partial charge >= 0.3 is 0 Å². The van der Waals surface area contributed by atoms with Gasteiger partial charge in [0, 0.05) is 24.2 Å². The molecule has 2 aromatic rings. The molecule has 0 aliphatic carbocycles. The maximum absolute atomic E-state index is 13.6. The van der Waals surface area contributed by atoms with Crippen LogP contribution in [0.3, 0.4) is 0 Å². The van der Waals surface area contributed by atoms with E-state index < -0.39 is 28.5 Å². The average Bonchev–Trinajstić information content (AvgIpc) is 2.84. The molecular formula is C25H34ClN3O6S. The smallest absolute Gasteiger partial charge is 0.244 e. The molecule has 0 aromatic heterocycles. The van der Waals surface area contributed by atoms with Crippen LogP contribution < -0.4 is 19.1 Å². The fourth-order valence-electron chi connectivity index (χ4n) is 3.54. The Bertz CT molecular complexity index is 1160. The molecule has 0 bridgehead atoms. The van der Waals surface area contributed by atoms with E-state index in [1.54, 1.807) is 43.3 Å². The van der Waals surface area contributed by atoms with Gasteiger partial charge in [-0.05, 0) is 43.2 Å². The zero-order valence-electron chi connectivity index (χ0n) is 21.3. The van der Waals surface area contributed by atoms with Gasteiger partial charge in [-0.25, -0.2) is 8.42 Å². The lowest BCUT2D eigenvalue weighted by Gasteiger charge is -2.32. The van der Waals surface area contributed by atoms with E-state index in [4.69, 9.17) is 21.1 Å². The van der Waals surface area contributed by atoms with E-state index in [0.29, 0.717) is 22.9 Å². The Labute approximate surface area is 218 Å². The number of anilines is 1. The van der Waals surface area contributed by atoms with Crippen molar-refractivity contribution in [3.05, 3.63) is 53.1 Å². The van der Waals surface area contributed by atoms with Crippen LogP contribution >= 0.6 is 11.6 Å². The number of carbonyl (C=O) groups excluding carboxylic acids is 2. The number of sulfonamides is 1. The van der Waals surface area contributed by atoms with E-state index in [1.807, 2.05) is 6.92 Å². The van der Waals surface area contributed by atoms with Gasteiger partial charge in [0.05, 0.1) is 26.2 Å². The van der Waals surface area contributed by atoms with Gasteiger partial charge in [0.1, 0.15) is 24.1 Å². The van der Waals surface area contributed by atoms with E-state index in [1.165, 1.54) is 25.2 Å². The van der Waals surface area contributed by atoms with Gasteiger partial charge in [-0.3, -0.25) is 13.9 Å². The lowest BCUT2D eigenvalue weighted by molar-refractivity contribution is -0.139. The van der Waals surface area contributed by atoms with Crippen LogP contribution in [-0.2, 0) is 26.2 Å². The molecule has 0 heterocycles. The third kappa shape index (κ3) is 8.03. The van der Waals surface area contributed by atoms with E-state index in [-0.39, 0.29) is 23.9 Å². The quantitative estimate of drug-likeness (QED) is 0.391. The summed E-state index contributed by atoms with van der Waals surface area (Å²) in [5, 5.41) is 3.32. The second kappa shape index (κ2) is 13.4. The van der Waals surface area contributed by atoms with Crippen molar-refractivity contribution in [2.45, 2.75) is 39.3 Å². The number of carbonyl (C=O) groups is 2. The van der Waals surface area contributed by atoms with Crippen LogP contribution in [0, 0.1) is 0 Å². The highest BCUT2D eigenvalue weighted by Gasteiger charge is 2.31. The predicted octanol–water partition coefficient (Wildman–Crippen LogP) is 3.46. The molecule has 0 unspecified atom stereocenters. The third-order valence-electron chi connectivity index (χ3n) is 5.57. The van der Waals surface area contributed by atoms with Gasteiger partial charge in [-0.15, -0.1) is 0 Å². The number of rotatable bonds is 13. The van der Waals surface area contributed by atoms with Crippen LogP contribution in [0.4, 0.5) is 5.69 Å². The van der Waals surface area contributed by atoms with Crippen LogP contribution in [0.5, 0.6) is 11.5 Å². The molecule has 0 saturated carbocycles. The van der Waals surface area contributed by atoms with E-state index in [9.17, 15) is 18.0 Å². The molecule has 0 aliphatic heterocycles. The van der Waals surface area contributed by atoms with E-state index >= 15 is 0 Å². The minimum atomic E-state index is -3.92. The summed E-state index contributed by atoms with van der Waals surface area (Å²) in [6, 6.07) is 10.7. The van der Waals surface area contributed by atoms with Crippen molar-refractivity contribution < 1.29 is 27.5 Å². The number of hydrogen-bond donors (Lipinski definition) is 1. The lowest BCUT2D eigenvalue weighted by atomic mass is 10.1. The number of hydrogen-bond acceptors (Lipinski definition) is 6. The summed E-state index contributed by atoms with van der Waals surface area (Å²) in [7, 11) is -1.06. The second-order valence-corrected chi connectivity index (χ2v) is 10.6. The van der Waals surface area contributed by atoms with Gasteiger partial charge in [-0.1, -0.05) is 37.1 Å². The fourth-order valence-corrected chi connectivity index (χ4v) is 4.59. The van der Waals surface area contributed by atoms with Gasteiger partial charge < -0.3 is 19.7 Å². The van der Waals surface area contributed by atoms with Gasteiger partial charge in [0.2, 0.25) is 21.8 Å². The molecule has 2 aromatic carbocycles. The molecule has 9 nitrogen and oxygen atoms in total. The van der Waals surface area contributed by atoms with Gasteiger partial charge in [0.15, 0.2) is 0 Å². The largest absolute Gasteiger partial charge is 0.497 e. The molecule has 0 aliphatic rings. The lowest BCUT2D eigenvalue weighted by Crippen LogP contribution is -2.51. The van der Waals surface area contributed by atoms with Crippen molar-refractivity contribution in [1.29, 1.82) is 0 Å². The monoisotopic (exact) mass is 539 g/mol. The zero-order chi connectivity index (χ0) is 26.9. The maximum Gasteiger partial charge on any atom is 0.244 e. The summed E-state index contributed by atoms with van der Waals surface area (Å²) in [4.78, 5) is 27.8. The highest BCUT2D eigenvalue weighted by molar-refractivity contribution is 7.92. The first-order chi connectivity index (χ1) is 17.0. The number of nitrogens with one attached hydrogen (secondary N) is 1. The number of methoxy groups -OCH3 is 2. The van der Waals surface area contributed by atoms with Crippen molar-refractivity contribution in [3.63, 3.8) is 0 Å². The highest BCUT2D eigenvalue weighted by atomic mass is 35.5.